The highest BCUT2D eigenvalue weighted by atomic mass is 32.2. The fourth-order valence-corrected chi connectivity index (χ4v) is 5.55. The summed E-state index contributed by atoms with van der Waals surface area (Å²) in [5, 5.41) is 2.06. The Morgan fingerprint density at radius 3 is 2.43 bits per heavy atom. The van der Waals surface area contributed by atoms with Crippen molar-refractivity contribution in [2.24, 2.45) is 0 Å². The minimum atomic E-state index is -3.50. The van der Waals surface area contributed by atoms with Crippen LogP contribution >= 0.6 is 11.3 Å². The molecule has 1 fully saturated rings. The first-order valence-corrected chi connectivity index (χ1v) is 11.4. The second-order valence-corrected chi connectivity index (χ2v) is 9.09. The third kappa shape index (κ3) is 4.09. The van der Waals surface area contributed by atoms with Gasteiger partial charge < -0.3 is 4.90 Å². The van der Waals surface area contributed by atoms with Gasteiger partial charge in [-0.3, -0.25) is 4.79 Å². The first kappa shape index (κ1) is 20.8. The van der Waals surface area contributed by atoms with E-state index in [9.17, 15) is 17.6 Å². The fraction of sp³-hybridized carbons (Fsp3) is 0.444. The molecule has 0 N–H and O–H groups in total. The molecule has 1 aromatic heterocycles. The summed E-state index contributed by atoms with van der Waals surface area (Å²) >= 11 is 1.21. The molecule has 0 bridgehead atoms. The fourth-order valence-electron chi connectivity index (χ4n) is 3.13. The summed E-state index contributed by atoms with van der Waals surface area (Å²) in [6.07, 6.45) is 0. The lowest BCUT2D eigenvalue weighted by molar-refractivity contribution is 0.0689. The molecule has 0 radical (unpaired) electrons. The van der Waals surface area contributed by atoms with Crippen LogP contribution in [0.1, 0.15) is 24.3 Å². The molecule has 7 nitrogen and oxygen atoms in total. The van der Waals surface area contributed by atoms with Gasteiger partial charge in [0.1, 0.15) is 16.5 Å². The molecule has 152 valence electrons. The van der Waals surface area contributed by atoms with E-state index in [1.807, 2.05) is 0 Å². The average molecular weight is 427 g/mol. The van der Waals surface area contributed by atoms with E-state index in [1.165, 1.54) is 26.0 Å². The van der Waals surface area contributed by atoms with E-state index in [-0.39, 0.29) is 30.5 Å². The van der Waals surface area contributed by atoms with E-state index in [0.29, 0.717) is 36.8 Å². The maximum absolute atomic E-state index is 13.9. The van der Waals surface area contributed by atoms with Crippen molar-refractivity contribution in [2.75, 3.05) is 39.3 Å². The molecular weight excluding hydrogens is 403 g/mol. The smallest absolute Gasteiger partial charge is 0.282 e. The molecule has 0 aliphatic carbocycles. The van der Waals surface area contributed by atoms with E-state index in [1.54, 1.807) is 42.3 Å². The second-order valence-electron chi connectivity index (χ2n) is 6.30. The summed E-state index contributed by atoms with van der Waals surface area (Å²) < 4.78 is 41.9. The lowest BCUT2D eigenvalue weighted by Gasteiger charge is -2.36. The molecule has 10 heteroatoms. The van der Waals surface area contributed by atoms with Crippen molar-refractivity contribution in [2.45, 2.75) is 13.8 Å². The molecule has 1 aliphatic heterocycles. The molecule has 0 unspecified atom stereocenters. The predicted octanol–water partition coefficient (Wildman–Crippen LogP) is 2.29. The van der Waals surface area contributed by atoms with Crippen LogP contribution in [0.3, 0.4) is 0 Å². The number of benzene rings is 1. The molecule has 1 aliphatic rings. The third-order valence-corrected chi connectivity index (χ3v) is 7.77. The highest BCUT2D eigenvalue weighted by Gasteiger charge is 2.32. The molecule has 3 rings (SSSR count). The zero-order chi connectivity index (χ0) is 20.3. The average Bonchev–Trinajstić information content (AvgIpc) is 3.18. The van der Waals surface area contributed by atoms with E-state index < -0.39 is 10.2 Å². The minimum Gasteiger partial charge on any atom is -0.335 e. The number of halogens is 1. The second kappa shape index (κ2) is 8.64. The number of carbonyl (C=O) groups is 1. The van der Waals surface area contributed by atoms with Crippen molar-refractivity contribution in [1.82, 2.24) is 18.5 Å². The van der Waals surface area contributed by atoms with Gasteiger partial charge in [0.15, 0.2) is 0 Å². The van der Waals surface area contributed by atoms with E-state index in [4.69, 9.17) is 0 Å². The van der Waals surface area contributed by atoms with Gasteiger partial charge in [0.25, 0.3) is 16.1 Å². The number of carbonyl (C=O) groups excluding carboxylic acids is 1. The summed E-state index contributed by atoms with van der Waals surface area (Å²) in [6.45, 7) is 5.51. The highest BCUT2D eigenvalue weighted by molar-refractivity contribution is 7.86. The minimum absolute atomic E-state index is 0.245. The lowest BCUT2D eigenvalue weighted by atomic mass is 10.2. The highest BCUT2D eigenvalue weighted by Crippen LogP contribution is 2.26. The van der Waals surface area contributed by atoms with Crippen LogP contribution in [0.25, 0.3) is 10.6 Å². The van der Waals surface area contributed by atoms with Crippen molar-refractivity contribution < 1.29 is 17.6 Å². The van der Waals surface area contributed by atoms with Gasteiger partial charge >= 0.3 is 0 Å². The van der Waals surface area contributed by atoms with Crippen LogP contribution in [0, 0.1) is 5.82 Å². The summed E-state index contributed by atoms with van der Waals surface area (Å²) in [6, 6.07) is 6.30. The van der Waals surface area contributed by atoms with Crippen LogP contribution in [0.2, 0.25) is 0 Å². The normalized spacial score (nSPS) is 15.9. The SMILES string of the molecule is CCN(CC)S(=O)(=O)N1CCN(C(=O)c2csc(-c3ccccc3F)n2)CC1. The number of piperazine rings is 1. The van der Waals surface area contributed by atoms with E-state index in [2.05, 4.69) is 4.98 Å². The van der Waals surface area contributed by atoms with Gasteiger partial charge in [-0.05, 0) is 12.1 Å². The zero-order valence-electron chi connectivity index (χ0n) is 15.8. The zero-order valence-corrected chi connectivity index (χ0v) is 17.5. The summed E-state index contributed by atoms with van der Waals surface area (Å²) in [5.74, 6) is -0.648. The number of thiazole rings is 1. The quantitative estimate of drug-likeness (QED) is 0.710. The van der Waals surface area contributed by atoms with Gasteiger partial charge in [-0.1, -0.05) is 26.0 Å². The number of hydrogen-bond acceptors (Lipinski definition) is 5. The maximum Gasteiger partial charge on any atom is 0.282 e. The van der Waals surface area contributed by atoms with Crippen LogP contribution in [-0.4, -0.2) is 72.1 Å². The molecule has 28 heavy (non-hydrogen) atoms. The summed E-state index contributed by atoms with van der Waals surface area (Å²) in [5.41, 5.74) is 0.616. The van der Waals surface area contributed by atoms with Gasteiger partial charge in [0, 0.05) is 50.2 Å². The Kier molecular flexibility index (Phi) is 6.43. The van der Waals surface area contributed by atoms with E-state index >= 15 is 0 Å². The molecule has 1 amide bonds. The molecule has 0 spiro atoms. The van der Waals surface area contributed by atoms with Crippen molar-refractivity contribution >= 4 is 27.5 Å². The largest absolute Gasteiger partial charge is 0.335 e. The van der Waals surface area contributed by atoms with Crippen molar-refractivity contribution in [3.05, 3.63) is 41.2 Å². The third-order valence-electron chi connectivity index (χ3n) is 4.71. The molecule has 0 atom stereocenters. The first-order chi connectivity index (χ1) is 13.4. The number of rotatable bonds is 6. The molecule has 2 aromatic rings. The Morgan fingerprint density at radius 2 is 1.82 bits per heavy atom. The first-order valence-electron chi connectivity index (χ1n) is 9.13. The number of hydrogen-bond donors (Lipinski definition) is 0. The Bertz CT molecular complexity index is 936. The van der Waals surface area contributed by atoms with Gasteiger partial charge in [-0.15, -0.1) is 11.3 Å². The molecule has 2 heterocycles. The van der Waals surface area contributed by atoms with Gasteiger partial charge in [-0.25, -0.2) is 9.37 Å². The van der Waals surface area contributed by atoms with Crippen molar-refractivity contribution in [3.8, 4) is 10.6 Å². The Hall–Kier alpha value is -1.88. The molecule has 1 saturated heterocycles. The molecular formula is C18H23FN4O3S2. The lowest BCUT2D eigenvalue weighted by Crippen LogP contribution is -2.54. The van der Waals surface area contributed by atoms with Crippen LogP contribution in [0.4, 0.5) is 4.39 Å². The van der Waals surface area contributed by atoms with Crippen LogP contribution in [-0.2, 0) is 10.2 Å². The summed E-state index contributed by atoms with van der Waals surface area (Å²) in [4.78, 5) is 18.6. The standard InChI is InChI=1S/C18H23FN4O3S2/c1-3-22(4-2)28(25,26)23-11-9-21(10-12-23)18(24)16-13-27-17(20-16)14-7-5-6-8-15(14)19/h5-8,13H,3-4,9-12H2,1-2H3. The predicted molar refractivity (Wildman–Crippen MR) is 107 cm³/mol. The number of nitrogens with zero attached hydrogens (tertiary/aromatic N) is 4. The van der Waals surface area contributed by atoms with Crippen LogP contribution in [0.5, 0.6) is 0 Å². The maximum atomic E-state index is 13.9. The number of aromatic nitrogens is 1. The Balaban J connectivity index is 1.67. The van der Waals surface area contributed by atoms with Gasteiger partial charge in [-0.2, -0.15) is 17.0 Å². The monoisotopic (exact) mass is 426 g/mol. The van der Waals surface area contributed by atoms with Gasteiger partial charge in [0.05, 0.1) is 0 Å². The number of amides is 1. The summed E-state index contributed by atoms with van der Waals surface area (Å²) in [7, 11) is -3.50. The Morgan fingerprint density at radius 1 is 1.18 bits per heavy atom. The van der Waals surface area contributed by atoms with Crippen molar-refractivity contribution in [3.63, 3.8) is 0 Å². The van der Waals surface area contributed by atoms with Crippen LogP contribution in [0.15, 0.2) is 29.6 Å². The van der Waals surface area contributed by atoms with Crippen molar-refractivity contribution in [1.29, 1.82) is 0 Å². The van der Waals surface area contributed by atoms with E-state index in [0.717, 1.165) is 0 Å². The van der Waals surface area contributed by atoms with Crippen LogP contribution < -0.4 is 0 Å². The topological polar surface area (TPSA) is 73.8 Å². The molecule has 0 saturated carbocycles. The Labute approximate surface area is 168 Å². The van der Waals surface area contributed by atoms with Gasteiger partial charge in [0.2, 0.25) is 0 Å². The molecule has 1 aromatic carbocycles.